The van der Waals surface area contributed by atoms with Gasteiger partial charge in [0.2, 0.25) is 5.91 Å². The topological polar surface area (TPSA) is 59.2 Å². The number of aromatic nitrogens is 1. The predicted molar refractivity (Wildman–Crippen MR) is 63.7 cm³/mol. The first kappa shape index (κ1) is 12.6. The molecule has 0 fully saturated rings. The van der Waals surface area contributed by atoms with Crippen LogP contribution in [0.25, 0.3) is 0 Å². The molecule has 0 bridgehead atoms. The molecule has 2 atom stereocenters. The molecule has 16 heavy (non-hydrogen) atoms. The molecular weight excluding hydrogens is 202 g/mol. The quantitative estimate of drug-likeness (QED) is 0.834. The zero-order valence-electron chi connectivity index (χ0n) is 10.1. The zero-order valence-corrected chi connectivity index (χ0v) is 10.1. The van der Waals surface area contributed by atoms with Crippen LogP contribution in [0.15, 0.2) is 24.5 Å². The maximum atomic E-state index is 11.8. The molecule has 0 aromatic carbocycles. The van der Waals surface area contributed by atoms with Gasteiger partial charge in [0.25, 0.3) is 0 Å². The average molecular weight is 221 g/mol. The second-order valence-electron chi connectivity index (χ2n) is 3.94. The van der Waals surface area contributed by atoms with E-state index in [0.717, 1.165) is 12.0 Å². The summed E-state index contributed by atoms with van der Waals surface area (Å²) in [6, 6.07) is 3.47. The van der Waals surface area contributed by atoms with Gasteiger partial charge in [-0.15, -0.1) is 0 Å². The number of hydrogen-bond acceptors (Lipinski definition) is 3. The van der Waals surface area contributed by atoms with E-state index in [4.69, 9.17) is 5.73 Å². The highest BCUT2D eigenvalue weighted by Crippen LogP contribution is 2.22. The molecule has 0 aliphatic carbocycles. The van der Waals surface area contributed by atoms with Crippen LogP contribution >= 0.6 is 0 Å². The lowest BCUT2D eigenvalue weighted by Gasteiger charge is -2.29. The normalized spacial score (nSPS) is 14.2. The lowest BCUT2D eigenvalue weighted by atomic mass is 10.0. The van der Waals surface area contributed by atoms with Crippen LogP contribution in [0.1, 0.15) is 31.9 Å². The second kappa shape index (κ2) is 5.61. The number of nitrogens with two attached hydrogens (primary N) is 1. The van der Waals surface area contributed by atoms with Gasteiger partial charge in [-0.1, -0.05) is 6.92 Å². The molecule has 1 aromatic heterocycles. The summed E-state index contributed by atoms with van der Waals surface area (Å²) in [7, 11) is 1.79. The van der Waals surface area contributed by atoms with Crippen LogP contribution < -0.4 is 5.73 Å². The van der Waals surface area contributed by atoms with Crippen molar-refractivity contribution in [3.8, 4) is 0 Å². The van der Waals surface area contributed by atoms with E-state index >= 15 is 0 Å². The van der Waals surface area contributed by atoms with Gasteiger partial charge in [-0.05, 0) is 31.0 Å². The predicted octanol–water partition coefficient (Wildman–Crippen LogP) is 1.34. The fourth-order valence-electron chi connectivity index (χ4n) is 1.79. The molecule has 0 saturated heterocycles. The number of nitrogens with zero attached hydrogens (tertiary/aromatic N) is 2. The van der Waals surface area contributed by atoms with Crippen LogP contribution in [0.2, 0.25) is 0 Å². The third-order valence-electron chi connectivity index (χ3n) is 2.68. The molecule has 0 aliphatic heterocycles. The highest BCUT2D eigenvalue weighted by molar-refractivity contribution is 5.81. The number of amides is 1. The Morgan fingerprint density at radius 3 is 2.50 bits per heavy atom. The van der Waals surface area contributed by atoms with Crippen LogP contribution in [0.4, 0.5) is 0 Å². The average Bonchev–Trinajstić information content (AvgIpc) is 2.30. The second-order valence-corrected chi connectivity index (χ2v) is 3.94. The summed E-state index contributed by atoms with van der Waals surface area (Å²) in [4.78, 5) is 17.5. The minimum absolute atomic E-state index is 0.0383. The molecule has 88 valence electrons. The van der Waals surface area contributed by atoms with Crippen LogP contribution in [0, 0.1) is 0 Å². The van der Waals surface area contributed by atoms with Crippen LogP contribution in [-0.4, -0.2) is 28.9 Å². The molecule has 1 aromatic rings. The monoisotopic (exact) mass is 221 g/mol. The molecule has 0 saturated carbocycles. The number of likely N-dealkylation sites (N-methyl/N-ethyl adjacent to an activating group) is 1. The summed E-state index contributed by atoms with van der Waals surface area (Å²) in [6.07, 6.45) is 4.34. The molecule has 4 nitrogen and oxygen atoms in total. The molecule has 0 spiro atoms. The summed E-state index contributed by atoms with van der Waals surface area (Å²) >= 11 is 0. The van der Waals surface area contributed by atoms with E-state index < -0.39 is 6.04 Å². The van der Waals surface area contributed by atoms with Gasteiger partial charge >= 0.3 is 0 Å². The van der Waals surface area contributed by atoms with Gasteiger partial charge in [0.15, 0.2) is 0 Å². The smallest absolute Gasteiger partial charge is 0.239 e. The Bertz CT molecular complexity index is 337. The first-order valence-electron chi connectivity index (χ1n) is 5.50. The molecule has 0 aliphatic rings. The van der Waals surface area contributed by atoms with Gasteiger partial charge in [-0.3, -0.25) is 9.78 Å². The molecule has 2 unspecified atom stereocenters. The Balaban J connectivity index is 2.87. The fraction of sp³-hybridized carbons (Fsp3) is 0.500. The lowest BCUT2D eigenvalue weighted by molar-refractivity contribution is -0.133. The van der Waals surface area contributed by atoms with E-state index in [9.17, 15) is 4.79 Å². The maximum absolute atomic E-state index is 11.8. The minimum atomic E-state index is -0.458. The summed E-state index contributed by atoms with van der Waals surface area (Å²) in [5.74, 6) is -0.0383. The van der Waals surface area contributed by atoms with Crippen molar-refractivity contribution in [1.82, 2.24) is 9.88 Å². The molecule has 0 radical (unpaired) electrons. The number of pyridine rings is 1. The van der Waals surface area contributed by atoms with Crippen molar-refractivity contribution < 1.29 is 4.79 Å². The number of carbonyl (C=O) groups is 1. The van der Waals surface area contributed by atoms with E-state index in [-0.39, 0.29) is 11.9 Å². The van der Waals surface area contributed by atoms with Crippen molar-refractivity contribution in [1.29, 1.82) is 0 Å². The largest absolute Gasteiger partial charge is 0.337 e. The third kappa shape index (κ3) is 2.79. The molecule has 4 heteroatoms. The van der Waals surface area contributed by atoms with E-state index in [1.54, 1.807) is 31.3 Å². The van der Waals surface area contributed by atoms with Gasteiger partial charge in [0, 0.05) is 19.4 Å². The van der Waals surface area contributed by atoms with Crippen molar-refractivity contribution in [3.63, 3.8) is 0 Å². The summed E-state index contributed by atoms with van der Waals surface area (Å²) < 4.78 is 0. The first-order chi connectivity index (χ1) is 7.57. The fourth-order valence-corrected chi connectivity index (χ4v) is 1.79. The van der Waals surface area contributed by atoms with Crippen LogP contribution in [0.5, 0.6) is 0 Å². The van der Waals surface area contributed by atoms with Gasteiger partial charge < -0.3 is 10.6 Å². The molecular formula is C12H19N3O. The summed E-state index contributed by atoms with van der Waals surface area (Å²) in [5, 5.41) is 0. The van der Waals surface area contributed by atoms with Crippen molar-refractivity contribution in [2.24, 2.45) is 5.73 Å². The summed E-state index contributed by atoms with van der Waals surface area (Å²) in [6.45, 7) is 3.76. The van der Waals surface area contributed by atoms with Crippen molar-refractivity contribution in [2.75, 3.05) is 7.05 Å². The van der Waals surface area contributed by atoms with Crippen LogP contribution in [0.3, 0.4) is 0 Å². The standard InChI is InChI=1S/C12H19N3O/c1-4-11(10-5-7-14-8-6-10)15(3)12(16)9(2)13/h5-9,11H,4,13H2,1-3H3. The van der Waals surface area contributed by atoms with Crippen molar-refractivity contribution in [2.45, 2.75) is 32.4 Å². The van der Waals surface area contributed by atoms with Crippen molar-refractivity contribution in [3.05, 3.63) is 30.1 Å². The van der Waals surface area contributed by atoms with Gasteiger partial charge in [-0.25, -0.2) is 0 Å². The van der Waals surface area contributed by atoms with Gasteiger partial charge in [-0.2, -0.15) is 0 Å². The third-order valence-corrected chi connectivity index (χ3v) is 2.68. The SMILES string of the molecule is CCC(c1ccncc1)N(C)C(=O)C(C)N. The Kier molecular flexibility index (Phi) is 4.43. The van der Waals surface area contributed by atoms with Crippen molar-refractivity contribution >= 4 is 5.91 Å². The maximum Gasteiger partial charge on any atom is 0.239 e. The number of hydrogen-bond donors (Lipinski definition) is 1. The van der Waals surface area contributed by atoms with E-state index in [2.05, 4.69) is 11.9 Å². The summed E-state index contributed by atoms with van der Waals surface area (Å²) in [5.41, 5.74) is 6.70. The van der Waals surface area contributed by atoms with Gasteiger partial charge in [0.1, 0.15) is 0 Å². The molecule has 2 N–H and O–H groups in total. The first-order valence-corrected chi connectivity index (χ1v) is 5.50. The number of rotatable bonds is 4. The molecule has 1 heterocycles. The highest BCUT2D eigenvalue weighted by Gasteiger charge is 2.21. The lowest BCUT2D eigenvalue weighted by Crippen LogP contribution is -2.41. The van der Waals surface area contributed by atoms with E-state index in [1.165, 1.54) is 0 Å². The van der Waals surface area contributed by atoms with E-state index in [1.807, 2.05) is 12.1 Å². The van der Waals surface area contributed by atoms with Crippen LogP contribution in [-0.2, 0) is 4.79 Å². The Hall–Kier alpha value is -1.42. The number of carbonyl (C=O) groups excluding carboxylic acids is 1. The Morgan fingerprint density at radius 1 is 1.50 bits per heavy atom. The minimum Gasteiger partial charge on any atom is -0.337 e. The zero-order chi connectivity index (χ0) is 12.1. The van der Waals surface area contributed by atoms with E-state index in [0.29, 0.717) is 0 Å². The van der Waals surface area contributed by atoms with Gasteiger partial charge in [0.05, 0.1) is 12.1 Å². The Labute approximate surface area is 96.5 Å². The molecule has 1 rings (SSSR count). The Morgan fingerprint density at radius 2 is 2.06 bits per heavy atom. The highest BCUT2D eigenvalue weighted by atomic mass is 16.2. The molecule has 1 amide bonds.